The maximum absolute atomic E-state index is 10.8. The van der Waals surface area contributed by atoms with Crippen LogP contribution in [0.4, 0.5) is 0 Å². The SMILES string of the molecule is COCNC(=O)C1CC1. The van der Waals surface area contributed by atoms with Crippen molar-refractivity contribution in [3.05, 3.63) is 0 Å². The van der Waals surface area contributed by atoms with Crippen LogP contribution in [0.3, 0.4) is 0 Å². The molecule has 0 atom stereocenters. The van der Waals surface area contributed by atoms with Gasteiger partial charge in [-0.3, -0.25) is 4.79 Å². The summed E-state index contributed by atoms with van der Waals surface area (Å²) in [5, 5.41) is 2.63. The molecular weight excluding hydrogens is 118 g/mol. The van der Waals surface area contributed by atoms with Gasteiger partial charge in [0.05, 0.1) is 0 Å². The van der Waals surface area contributed by atoms with Crippen molar-refractivity contribution in [2.45, 2.75) is 12.8 Å². The van der Waals surface area contributed by atoms with E-state index >= 15 is 0 Å². The minimum Gasteiger partial charge on any atom is -0.364 e. The highest BCUT2D eigenvalue weighted by molar-refractivity contribution is 5.80. The van der Waals surface area contributed by atoms with Gasteiger partial charge in [0, 0.05) is 13.0 Å². The van der Waals surface area contributed by atoms with E-state index in [2.05, 4.69) is 10.1 Å². The summed E-state index contributed by atoms with van der Waals surface area (Å²) in [5.74, 6) is 0.428. The van der Waals surface area contributed by atoms with E-state index in [0.717, 1.165) is 12.8 Å². The van der Waals surface area contributed by atoms with Crippen molar-refractivity contribution in [1.29, 1.82) is 0 Å². The van der Waals surface area contributed by atoms with E-state index in [0.29, 0.717) is 12.6 Å². The van der Waals surface area contributed by atoms with Crippen molar-refractivity contribution in [2.24, 2.45) is 5.92 Å². The van der Waals surface area contributed by atoms with Gasteiger partial charge in [-0.25, -0.2) is 0 Å². The largest absolute Gasteiger partial charge is 0.364 e. The van der Waals surface area contributed by atoms with Crippen LogP contribution in [0.15, 0.2) is 0 Å². The number of hydrogen-bond donors (Lipinski definition) is 1. The quantitative estimate of drug-likeness (QED) is 0.549. The third kappa shape index (κ3) is 2.01. The normalized spacial score (nSPS) is 17.4. The molecule has 52 valence electrons. The lowest BCUT2D eigenvalue weighted by molar-refractivity contribution is -0.123. The number of carbonyl (C=O) groups is 1. The Balaban J connectivity index is 2.03. The van der Waals surface area contributed by atoms with E-state index in [1.165, 1.54) is 0 Å². The highest BCUT2D eigenvalue weighted by atomic mass is 16.5. The first-order valence-electron chi connectivity index (χ1n) is 3.11. The van der Waals surface area contributed by atoms with Crippen molar-refractivity contribution in [2.75, 3.05) is 13.8 Å². The Labute approximate surface area is 54.4 Å². The fraction of sp³-hybridized carbons (Fsp3) is 0.833. The summed E-state index contributed by atoms with van der Waals surface area (Å²) in [5.41, 5.74) is 0. The first-order chi connectivity index (χ1) is 4.34. The molecule has 3 nitrogen and oxygen atoms in total. The molecule has 0 radical (unpaired) electrons. The fourth-order valence-corrected chi connectivity index (χ4v) is 0.633. The smallest absolute Gasteiger partial charge is 0.224 e. The zero-order valence-corrected chi connectivity index (χ0v) is 5.52. The second-order valence-electron chi connectivity index (χ2n) is 2.25. The van der Waals surface area contributed by atoms with Gasteiger partial charge in [-0.05, 0) is 12.8 Å². The van der Waals surface area contributed by atoms with Gasteiger partial charge in [-0.15, -0.1) is 0 Å². The number of rotatable bonds is 3. The minimum atomic E-state index is 0.136. The van der Waals surface area contributed by atoms with E-state index in [4.69, 9.17) is 0 Å². The Morgan fingerprint density at radius 2 is 2.44 bits per heavy atom. The summed E-state index contributed by atoms with van der Waals surface area (Å²) in [6, 6.07) is 0. The van der Waals surface area contributed by atoms with Crippen molar-refractivity contribution in [3.63, 3.8) is 0 Å². The fourth-order valence-electron chi connectivity index (χ4n) is 0.633. The van der Waals surface area contributed by atoms with Gasteiger partial charge in [-0.2, -0.15) is 0 Å². The molecule has 0 heterocycles. The zero-order valence-electron chi connectivity index (χ0n) is 5.52. The van der Waals surface area contributed by atoms with Gasteiger partial charge in [0.1, 0.15) is 6.73 Å². The van der Waals surface area contributed by atoms with E-state index in [1.807, 2.05) is 0 Å². The van der Waals surface area contributed by atoms with Crippen LogP contribution >= 0.6 is 0 Å². The molecule has 1 N–H and O–H groups in total. The maximum Gasteiger partial charge on any atom is 0.224 e. The lowest BCUT2D eigenvalue weighted by Gasteiger charge is -1.99. The van der Waals surface area contributed by atoms with Crippen LogP contribution in [0.5, 0.6) is 0 Å². The molecule has 1 amide bonds. The second kappa shape index (κ2) is 2.82. The Morgan fingerprint density at radius 1 is 1.78 bits per heavy atom. The number of ether oxygens (including phenoxy) is 1. The lowest BCUT2D eigenvalue weighted by atomic mass is 10.4. The number of nitrogens with one attached hydrogen (secondary N) is 1. The third-order valence-corrected chi connectivity index (χ3v) is 1.34. The Morgan fingerprint density at radius 3 is 2.89 bits per heavy atom. The van der Waals surface area contributed by atoms with Gasteiger partial charge >= 0.3 is 0 Å². The van der Waals surface area contributed by atoms with E-state index < -0.39 is 0 Å². The molecule has 1 aliphatic carbocycles. The number of amides is 1. The van der Waals surface area contributed by atoms with Crippen LogP contribution < -0.4 is 5.32 Å². The molecule has 0 spiro atoms. The molecule has 1 rings (SSSR count). The summed E-state index contributed by atoms with van der Waals surface area (Å²) in [6.45, 7) is 0.343. The molecule has 9 heavy (non-hydrogen) atoms. The average molecular weight is 129 g/mol. The molecule has 0 aromatic rings. The molecule has 0 aromatic carbocycles. The maximum atomic E-state index is 10.8. The summed E-state index contributed by atoms with van der Waals surface area (Å²) < 4.78 is 4.66. The molecule has 1 saturated carbocycles. The molecule has 1 fully saturated rings. The first kappa shape index (κ1) is 6.55. The average Bonchev–Trinajstić information content (AvgIpc) is 2.63. The molecule has 0 bridgehead atoms. The highest BCUT2D eigenvalue weighted by Crippen LogP contribution is 2.28. The van der Waals surface area contributed by atoms with Gasteiger partial charge in [0.25, 0.3) is 0 Å². The number of hydrogen-bond acceptors (Lipinski definition) is 2. The van der Waals surface area contributed by atoms with Crippen molar-refractivity contribution < 1.29 is 9.53 Å². The number of methoxy groups -OCH3 is 1. The monoisotopic (exact) mass is 129 g/mol. The van der Waals surface area contributed by atoms with Crippen LogP contribution in [0.25, 0.3) is 0 Å². The van der Waals surface area contributed by atoms with E-state index in [9.17, 15) is 4.79 Å². The summed E-state index contributed by atoms with van der Waals surface area (Å²) >= 11 is 0. The topological polar surface area (TPSA) is 38.3 Å². The molecule has 0 saturated heterocycles. The molecule has 1 aliphatic rings. The van der Waals surface area contributed by atoms with Gasteiger partial charge in [0.2, 0.25) is 5.91 Å². The number of carbonyl (C=O) groups excluding carboxylic acids is 1. The molecule has 3 heteroatoms. The summed E-state index contributed by atoms with van der Waals surface area (Å²) in [6.07, 6.45) is 2.10. The minimum absolute atomic E-state index is 0.136. The zero-order chi connectivity index (χ0) is 6.69. The van der Waals surface area contributed by atoms with Gasteiger partial charge in [-0.1, -0.05) is 0 Å². The van der Waals surface area contributed by atoms with Crippen LogP contribution in [0.2, 0.25) is 0 Å². The Bertz CT molecular complexity index is 110. The summed E-state index contributed by atoms with van der Waals surface area (Å²) in [4.78, 5) is 10.8. The van der Waals surface area contributed by atoms with Crippen molar-refractivity contribution >= 4 is 5.91 Å². The second-order valence-corrected chi connectivity index (χ2v) is 2.25. The van der Waals surface area contributed by atoms with Gasteiger partial charge in [0.15, 0.2) is 0 Å². The Kier molecular flexibility index (Phi) is 2.05. The predicted octanol–water partition coefficient (Wildman–Crippen LogP) is 0.116. The standard InChI is InChI=1S/C6H11NO2/c1-9-4-7-6(8)5-2-3-5/h5H,2-4H2,1H3,(H,7,8). The van der Waals surface area contributed by atoms with Crippen LogP contribution in [0, 0.1) is 5.92 Å². The highest BCUT2D eigenvalue weighted by Gasteiger charge is 2.28. The molecule has 0 unspecified atom stereocenters. The predicted molar refractivity (Wildman–Crippen MR) is 32.7 cm³/mol. The first-order valence-corrected chi connectivity index (χ1v) is 3.11. The van der Waals surface area contributed by atoms with Gasteiger partial charge < -0.3 is 10.1 Å². The van der Waals surface area contributed by atoms with Crippen molar-refractivity contribution in [1.82, 2.24) is 5.32 Å². The van der Waals surface area contributed by atoms with E-state index in [1.54, 1.807) is 7.11 Å². The van der Waals surface area contributed by atoms with Crippen molar-refractivity contribution in [3.8, 4) is 0 Å². The van der Waals surface area contributed by atoms with Crippen LogP contribution in [-0.2, 0) is 9.53 Å². The van der Waals surface area contributed by atoms with Crippen LogP contribution in [0.1, 0.15) is 12.8 Å². The molecular formula is C6H11NO2. The third-order valence-electron chi connectivity index (χ3n) is 1.34. The van der Waals surface area contributed by atoms with Crippen LogP contribution in [-0.4, -0.2) is 19.7 Å². The summed E-state index contributed by atoms with van der Waals surface area (Å²) in [7, 11) is 1.56. The van der Waals surface area contributed by atoms with E-state index in [-0.39, 0.29) is 5.91 Å². The Hall–Kier alpha value is -0.570. The lowest BCUT2D eigenvalue weighted by Crippen LogP contribution is -2.26. The molecule has 0 aromatic heterocycles. The molecule has 0 aliphatic heterocycles.